The molecule has 4 rings (SSSR count). The highest BCUT2D eigenvalue weighted by Gasteiger charge is 2.39. The second kappa shape index (κ2) is 7.99. The Balaban J connectivity index is 1.67. The zero-order valence-corrected chi connectivity index (χ0v) is 15.9. The number of carbonyl (C=O) groups is 1. The fourth-order valence-electron chi connectivity index (χ4n) is 4.23. The van der Waals surface area contributed by atoms with E-state index >= 15 is 0 Å². The van der Waals surface area contributed by atoms with Gasteiger partial charge in [-0.1, -0.05) is 36.4 Å². The fourth-order valence-corrected chi connectivity index (χ4v) is 4.23. The van der Waals surface area contributed by atoms with Gasteiger partial charge in [0.05, 0.1) is 24.8 Å². The molecule has 0 spiro atoms. The fraction of sp³-hybridized carbons (Fsp3) is 0.409. The quantitative estimate of drug-likeness (QED) is 0.883. The highest BCUT2D eigenvalue weighted by molar-refractivity contribution is 5.82. The lowest BCUT2D eigenvalue weighted by molar-refractivity contribution is -0.155. The molecule has 2 aliphatic rings. The maximum absolute atomic E-state index is 13.5. The van der Waals surface area contributed by atoms with Gasteiger partial charge in [0.15, 0.2) is 0 Å². The molecular formula is C22H25FN2O3. The van der Waals surface area contributed by atoms with Crippen LogP contribution >= 0.6 is 0 Å². The second-order valence-corrected chi connectivity index (χ2v) is 7.43. The van der Waals surface area contributed by atoms with Crippen LogP contribution in [0, 0.1) is 5.82 Å². The molecule has 1 amide bonds. The molecular weight excluding hydrogens is 359 g/mol. The Bertz CT molecular complexity index is 842. The zero-order valence-electron chi connectivity index (χ0n) is 15.9. The first-order valence-electron chi connectivity index (χ1n) is 9.62. The summed E-state index contributed by atoms with van der Waals surface area (Å²) in [6.07, 6.45) is 0.423. The molecule has 2 N–H and O–H groups in total. The Morgan fingerprint density at radius 3 is 2.71 bits per heavy atom. The Labute approximate surface area is 164 Å². The molecule has 28 heavy (non-hydrogen) atoms. The number of rotatable bonds is 3. The number of amides is 1. The predicted molar refractivity (Wildman–Crippen MR) is 103 cm³/mol. The molecule has 5 nitrogen and oxygen atoms in total. The van der Waals surface area contributed by atoms with Gasteiger partial charge >= 0.3 is 0 Å². The van der Waals surface area contributed by atoms with Crippen LogP contribution in [0.5, 0.6) is 0 Å². The molecule has 4 atom stereocenters. The van der Waals surface area contributed by atoms with E-state index in [2.05, 4.69) is 6.07 Å². The number of carbonyl (C=O) groups excluding carboxylic acids is 1. The van der Waals surface area contributed by atoms with E-state index in [1.807, 2.05) is 23.1 Å². The summed E-state index contributed by atoms with van der Waals surface area (Å²) in [6.45, 7) is 0.877. The second-order valence-electron chi connectivity index (χ2n) is 7.43. The number of nitrogens with two attached hydrogens (primary N) is 1. The van der Waals surface area contributed by atoms with Crippen molar-refractivity contribution in [3.8, 4) is 0 Å². The Kier molecular flexibility index (Phi) is 5.44. The summed E-state index contributed by atoms with van der Waals surface area (Å²) < 4.78 is 24.7. The number of hydrogen-bond donors (Lipinski definition) is 1. The molecule has 1 saturated heterocycles. The average molecular weight is 384 g/mol. The lowest BCUT2D eigenvalue weighted by Gasteiger charge is -2.41. The minimum atomic E-state index is -0.585. The lowest BCUT2D eigenvalue weighted by atomic mass is 9.87. The number of benzene rings is 2. The van der Waals surface area contributed by atoms with Crippen LogP contribution in [0.2, 0.25) is 0 Å². The molecule has 2 heterocycles. The Morgan fingerprint density at radius 1 is 1.21 bits per heavy atom. The summed E-state index contributed by atoms with van der Waals surface area (Å²) in [7, 11) is 1.61. The summed E-state index contributed by atoms with van der Waals surface area (Å²) in [5.41, 5.74) is 9.19. The van der Waals surface area contributed by atoms with Crippen molar-refractivity contribution in [3.63, 3.8) is 0 Å². The van der Waals surface area contributed by atoms with Crippen molar-refractivity contribution in [2.75, 3.05) is 20.3 Å². The summed E-state index contributed by atoms with van der Waals surface area (Å²) in [6, 6.07) is 14.0. The molecule has 0 bridgehead atoms. The smallest absolute Gasteiger partial charge is 0.252 e. The highest BCUT2D eigenvalue weighted by atomic mass is 19.1. The van der Waals surface area contributed by atoms with Crippen LogP contribution in [-0.2, 0) is 20.7 Å². The van der Waals surface area contributed by atoms with E-state index in [1.165, 1.54) is 17.7 Å². The van der Waals surface area contributed by atoms with Gasteiger partial charge in [-0.15, -0.1) is 0 Å². The number of halogens is 1. The standard InChI is InChI=1S/C22H25FN2O3/c1-27-19-12-20(28-13-18(19)24)22(26)25-11-10-14-4-2-3-5-17(14)21(25)15-6-8-16(23)9-7-15/h2-9,18-21H,10-13,24H2,1H3/t18-,19+,20-,21+/m1/s1. The van der Waals surface area contributed by atoms with Crippen molar-refractivity contribution in [3.05, 3.63) is 71.0 Å². The van der Waals surface area contributed by atoms with Crippen LogP contribution < -0.4 is 5.73 Å². The van der Waals surface area contributed by atoms with E-state index in [0.717, 1.165) is 17.5 Å². The van der Waals surface area contributed by atoms with Crippen LogP contribution in [-0.4, -0.2) is 49.3 Å². The first kappa shape index (κ1) is 19.1. The van der Waals surface area contributed by atoms with E-state index in [-0.39, 0.29) is 29.9 Å². The van der Waals surface area contributed by atoms with Crippen molar-refractivity contribution < 1.29 is 18.7 Å². The van der Waals surface area contributed by atoms with Crippen molar-refractivity contribution in [2.45, 2.75) is 37.1 Å². The molecule has 6 heteroatoms. The number of methoxy groups -OCH3 is 1. The summed E-state index contributed by atoms with van der Waals surface area (Å²) >= 11 is 0. The maximum atomic E-state index is 13.5. The van der Waals surface area contributed by atoms with Crippen LogP contribution in [0.4, 0.5) is 4.39 Å². The largest absolute Gasteiger partial charge is 0.380 e. The van der Waals surface area contributed by atoms with Crippen LogP contribution in [0.1, 0.15) is 29.2 Å². The van der Waals surface area contributed by atoms with Crippen LogP contribution in [0.15, 0.2) is 48.5 Å². The van der Waals surface area contributed by atoms with Gasteiger partial charge in [0, 0.05) is 20.1 Å². The Morgan fingerprint density at radius 2 is 1.96 bits per heavy atom. The molecule has 0 aromatic heterocycles. The maximum Gasteiger partial charge on any atom is 0.252 e. The molecule has 1 fully saturated rings. The van der Waals surface area contributed by atoms with Gasteiger partial charge in [-0.3, -0.25) is 4.79 Å². The molecule has 2 aromatic carbocycles. The van der Waals surface area contributed by atoms with Crippen LogP contribution in [0.3, 0.4) is 0 Å². The van der Waals surface area contributed by atoms with E-state index in [4.69, 9.17) is 15.2 Å². The molecule has 0 unspecified atom stereocenters. The number of hydrogen-bond acceptors (Lipinski definition) is 4. The van der Waals surface area contributed by atoms with E-state index in [0.29, 0.717) is 19.6 Å². The summed E-state index contributed by atoms with van der Waals surface area (Å²) in [5, 5.41) is 0. The molecule has 0 saturated carbocycles. The van der Waals surface area contributed by atoms with Crippen molar-refractivity contribution in [1.82, 2.24) is 4.90 Å². The molecule has 0 aliphatic carbocycles. The van der Waals surface area contributed by atoms with Gasteiger partial charge in [-0.25, -0.2) is 4.39 Å². The lowest BCUT2D eigenvalue weighted by Crippen LogP contribution is -2.54. The van der Waals surface area contributed by atoms with Gasteiger partial charge < -0.3 is 20.1 Å². The monoisotopic (exact) mass is 384 g/mol. The summed E-state index contributed by atoms with van der Waals surface area (Å²) in [5.74, 6) is -0.365. The topological polar surface area (TPSA) is 64.8 Å². The molecule has 148 valence electrons. The number of fused-ring (bicyclic) bond motifs is 1. The first-order valence-corrected chi connectivity index (χ1v) is 9.62. The summed E-state index contributed by atoms with van der Waals surface area (Å²) in [4.78, 5) is 15.3. The third kappa shape index (κ3) is 3.55. The van der Waals surface area contributed by atoms with Gasteiger partial charge in [0.25, 0.3) is 5.91 Å². The third-order valence-corrected chi connectivity index (χ3v) is 5.74. The molecule has 2 aromatic rings. The minimum Gasteiger partial charge on any atom is -0.380 e. The van der Waals surface area contributed by atoms with E-state index < -0.39 is 6.10 Å². The van der Waals surface area contributed by atoms with Crippen molar-refractivity contribution >= 4 is 5.91 Å². The zero-order chi connectivity index (χ0) is 19.7. The van der Waals surface area contributed by atoms with Crippen LogP contribution in [0.25, 0.3) is 0 Å². The number of ether oxygens (including phenoxy) is 2. The van der Waals surface area contributed by atoms with E-state index in [1.54, 1.807) is 19.2 Å². The first-order chi connectivity index (χ1) is 13.6. The SMILES string of the molecule is CO[C@H]1C[C@H](C(=O)N2CCc3ccccc3[C@@H]2c2ccc(F)cc2)OC[C@H]1N. The van der Waals surface area contributed by atoms with Gasteiger partial charge in [-0.05, 0) is 35.2 Å². The minimum absolute atomic E-state index is 0.0715. The van der Waals surface area contributed by atoms with Gasteiger partial charge in [0.1, 0.15) is 11.9 Å². The van der Waals surface area contributed by atoms with E-state index in [9.17, 15) is 9.18 Å². The van der Waals surface area contributed by atoms with Gasteiger partial charge in [0.2, 0.25) is 0 Å². The van der Waals surface area contributed by atoms with Gasteiger partial charge in [-0.2, -0.15) is 0 Å². The Hall–Kier alpha value is -2.28. The molecule has 2 aliphatic heterocycles. The predicted octanol–water partition coefficient (Wildman–Crippen LogP) is 2.43. The van der Waals surface area contributed by atoms with Crippen molar-refractivity contribution in [1.29, 1.82) is 0 Å². The normalized spacial score (nSPS) is 27.3. The average Bonchev–Trinajstić information content (AvgIpc) is 2.73. The highest BCUT2D eigenvalue weighted by Crippen LogP contribution is 2.36. The number of nitrogens with zero attached hydrogens (tertiary/aromatic N) is 1. The molecule has 0 radical (unpaired) electrons. The third-order valence-electron chi connectivity index (χ3n) is 5.74. The van der Waals surface area contributed by atoms with Crippen molar-refractivity contribution in [2.24, 2.45) is 5.73 Å².